The highest BCUT2D eigenvalue weighted by Crippen LogP contribution is 2.47. The molecular weight excluding hydrogens is 220 g/mol. The summed E-state index contributed by atoms with van der Waals surface area (Å²) in [5, 5.41) is 9.34. The average molecular weight is 244 g/mol. The van der Waals surface area contributed by atoms with Gasteiger partial charge in [-0.2, -0.15) is 0 Å². The summed E-state index contributed by atoms with van der Waals surface area (Å²) in [4.78, 5) is 11.2. The second kappa shape index (κ2) is 3.84. The molecule has 4 heteroatoms. The molecular formula is C12H24O3Si. The fourth-order valence-corrected chi connectivity index (χ4v) is 3.10. The minimum atomic E-state index is -1.84. The molecule has 1 rings (SSSR count). The van der Waals surface area contributed by atoms with Gasteiger partial charge in [0, 0.05) is 0 Å². The molecule has 1 fully saturated rings. The first-order chi connectivity index (χ1) is 7.01. The van der Waals surface area contributed by atoms with Crippen LogP contribution in [0.2, 0.25) is 18.1 Å². The standard InChI is InChI=1S/C12H24O3Si/c1-11(2,3)16(5,6)15-9-7-8-12(9,4)10(13)14/h9H,7-8H2,1-6H3,(H,13,14). The van der Waals surface area contributed by atoms with E-state index in [1.165, 1.54) is 0 Å². The van der Waals surface area contributed by atoms with Crippen molar-refractivity contribution in [1.82, 2.24) is 0 Å². The molecule has 94 valence electrons. The Bertz CT molecular complexity index is 293. The summed E-state index contributed by atoms with van der Waals surface area (Å²) in [6.07, 6.45) is 1.53. The van der Waals surface area contributed by atoms with E-state index in [-0.39, 0.29) is 11.1 Å². The van der Waals surface area contributed by atoms with E-state index in [1.807, 2.05) is 0 Å². The van der Waals surface area contributed by atoms with Crippen LogP contribution in [-0.4, -0.2) is 25.5 Å². The molecule has 0 saturated heterocycles. The van der Waals surface area contributed by atoms with E-state index in [9.17, 15) is 9.90 Å². The molecule has 0 aromatic heterocycles. The number of carbonyl (C=O) groups is 1. The Morgan fingerprint density at radius 1 is 1.44 bits per heavy atom. The van der Waals surface area contributed by atoms with Gasteiger partial charge in [-0.3, -0.25) is 4.79 Å². The molecule has 0 bridgehead atoms. The number of carboxylic acid groups (broad SMARTS) is 1. The van der Waals surface area contributed by atoms with Crippen LogP contribution in [0.25, 0.3) is 0 Å². The van der Waals surface area contributed by atoms with Crippen molar-refractivity contribution in [2.24, 2.45) is 5.41 Å². The highest BCUT2D eigenvalue weighted by Gasteiger charge is 2.53. The zero-order chi connectivity index (χ0) is 12.8. The fourth-order valence-electron chi connectivity index (χ4n) is 1.66. The molecule has 2 atom stereocenters. The van der Waals surface area contributed by atoms with Gasteiger partial charge in [0.2, 0.25) is 0 Å². The van der Waals surface area contributed by atoms with Crippen LogP contribution in [0, 0.1) is 5.41 Å². The Hall–Kier alpha value is -0.353. The van der Waals surface area contributed by atoms with Crippen molar-refractivity contribution in [3.05, 3.63) is 0 Å². The van der Waals surface area contributed by atoms with Crippen LogP contribution >= 0.6 is 0 Å². The van der Waals surface area contributed by atoms with Gasteiger partial charge in [0.05, 0.1) is 11.5 Å². The molecule has 0 radical (unpaired) electrons. The van der Waals surface area contributed by atoms with E-state index in [0.717, 1.165) is 12.8 Å². The maximum Gasteiger partial charge on any atom is 0.311 e. The van der Waals surface area contributed by atoms with Gasteiger partial charge in [-0.25, -0.2) is 0 Å². The zero-order valence-electron chi connectivity index (χ0n) is 11.3. The average Bonchev–Trinajstić information content (AvgIpc) is 2.09. The largest absolute Gasteiger partial charge is 0.481 e. The molecule has 1 saturated carbocycles. The smallest absolute Gasteiger partial charge is 0.311 e. The van der Waals surface area contributed by atoms with Gasteiger partial charge >= 0.3 is 5.97 Å². The molecule has 0 spiro atoms. The molecule has 16 heavy (non-hydrogen) atoms. The lowest BCUT2D eigenvalue weighted by Crippen LogP contribution is -2.56. The molecule has 2 unspecified atom stereocenters. The van der Waals surface area contributed by atoms with E-state index in [2.05, 4.69) is 33.9 Å². The van der Waals surface area contributed by atoms with Crippen molar-refractivity contribution in [2.45, 2.75) is 64.8 Å². The minimum absolute atomic E-state index is 0.0918. The van der Waals surface area contributed by atoms with Crippen molar-refractivity contribution >= 4 is 14.3 Å². The highest BCUT2D eigenvalue weighted by atomic mass is 28.4. The zero-order valence-corrected chi connectivity index (χ0v) is 12.3. The summed E-state index contributed by atoms with van der Waals surface area (Å²) in [7, 11) is -1.84. The molecule has 0 aromatic rings. The van der Waals surface area contributed by atoms with Gasteiger partial charge in [0.25, 0.3) is 0 Å². The van der Waals surface area contributed by atoms with Crippen molar-refractivity contribution in [1.29, 1.82) is 0 Å². The molecule has 1 aliphatic carbocycles. The first-order valence-electron chi connectivity index (χ1n) is 5.92. The third-order valence-electron chi connectivity index (χ3n) is 4.37. The summed E-state index contributed by atoms with van der Waals surface area (Å²) in [5.41, 5.74) is -0.657. The lowest BCUT2D eigenvalue weighted by atomic mass is 9.68. The summed E-state index contributed by atoms with van der Waals surface area (Å²) < 4.78 is 6.17. The summed E-state index contributed by atoms with van der Waals surface area (Å²) >= 11 is 0. The van der Waals surface area contributed by atoms with Gasteiger partial charge in [-0.15, -0.1) is 0 Å². The van der Waals surface area contributed by atoms with E-state index in [0.29, 0.717) is 0 Å². The monoisotopic (exact) mass is 244 g/mol. The highest BCUT2D eigenvalue weighted by molar-refractivity contribution is 6.74. The molecule has 0 aliphatic heterocycles. The molecule has 3 nitrogen and oxygen atoms in total. The van der Waals surface area contributed by atoms with E-state index in [1.54, 1.807) is 6.92 Å². The SMILES string of the molecule is CC1(C(=O)O)CCC1O[Si](C)(C)C(C)(C)C. The Balaban J connectivity index is 2.73. The molecule has 1 aliphatic rings. The Kier molecular flexibility index (Phi) is 3.29. The molecule has 0 heterocycles. The van der Waals surface area contributed by atoms with Gasteiger partial charge < -0.3 is 9.53 Å². The van der Waals surface area contributed by atoms with E-state index < -0.39 is 19.7 Å². The van der Waals surface area contributed by atoms with Gasteiger partial charge in [0.15, 0.2) is 8.32 Å². The third kappa shape index (κ3) is 2.18. The summed E-state index contributed by atoms with van der Waals surface area (Å²) in [5.74, 6) is -0.720. The maximum absolute atomic E-state index is 11.2. The maximum atomic E-state index is 11.2. The third-order valence-corrected chi connectivity index (χ3v) is 8.85. The lowest BCUT2D eigenvalue weighted by molar-refractivity contribution is -0.164. The number of aliphatic carboxylic acids is 1. The van der Waals surface area contributed by atoms with Crippen LogP contribution in [0.3, 0.4) is 0 Å². The number of hydrogen-bond acceptors (Lipinski definition) is 2. The number of hydrogen-bond donors (Lipinski definition) is 1. The van der Waals surface area contributed by atoms with Gasteiger partial charge in [-0.1, -0.05) is 20.8 Å². The summed E-state index contributed by atoms with van der Waals surface area (Å²) in [6.45, 7) is 12.7. The Morgan fingerprint density at radius 3 is 2.19 bits per heavy atom. The number of carboxylic acids is 1. The van der Waals surface area contributed by atoms with Gasteiger partial charge in [0.1, 0.15) is 0 Å². The van der Waals surface area contributed by atoms with Gasteiger partial charge in [-0.05, 0) is 37.9 Å². The molecule has 0 aromatic carbocycles. The lowest BCUT2D eigenvalue weighted by Gasteiger charge is -2.49. The Morgan fingerprint density at radius 2 is 1.94 bits per heavy atom. The van der Waals surface area contributed by atoms with E-state index >= 15 is 0 Å². The molecule has 0 amide bonds. The van der Waals surface area contributed by atoms with E-state index in [4.69, 9.17) is 4.43 Å². The van der Waals surface area contributed by atoms with Crippen molar-refractivity contribution in [2.75, 3.05) is 0 Å². The second-order valence-corrected chi connectivity index (χ2v) is 11.4. The quantitative estimate of drug-likeness (QED) is 0.775. The van der Waals surface area contributed by atoms with Crippen molar-refractivity contribution < 1.29 is 14.3 Å². The minimum Gasteiger partial charge on any atom is -0.481 e. The normalized spacial score (nSPS) is 31.0. The predicted octanol–water partition coefficient (Wildman–Crippen LogP) is 3.26. The second-order valence-electron chi connectivity index (χ2n) is 6.63. The Labute approximate surface area is 99.3 Å². The summed E-state index contributed by atoms with van der Waals surface area (Å²) in [6, 6.07) is 0. The topological polar surface area (TPSA) is 46.5 Å². The van der Waals surface area contributed by atoms with Crippen molar-refractivity contribution in [3.63, 3.8) is 0 Å². The predicted molar refractivity (Wildman–Crippen MR) is 67.0 cm³/mol. The van der Waals surface area contributed by atoms with Crippen LogP contribution in [-0.2, 0) is 9.22 Å². The first kappa shape index (κ1) is 13.7. The van der Waals surface area contributed by atoms with Crippen LogP contribution in [0.5, 0.6) is 0 Å². The van der Waals surface area contributed by atoms with Crippen LogP contribution in [0.4, 0.5) is 0 Å². The number of rotatable bonds is 3. The molecule has 1 N–H and O–H groups in total. The van der Waals surface area contributed by atoms with Crippen molar-refractivity contribution in [3.8, 4) is 0 Å². The van der Waals surface area contributed by atoms with Crippen LogP contribution < -0.4 is 0 Å². The fraction of sp³-hybridized carbons (Fsp3) is 0.917. The van der Waals surface area contributed by atoms with Crippen LogP contribution in [0.15, 0.2) is 0 Å². The van der Waals surface area contributed by atoms with Crippen LogP contribution in [0.1, 0.15) is 40.5 Å². The first-order valence-corrected chi connectivity index (χ1v) is 8.83.